The Morgan fingerprint density at radius 2 is 2.08 bits per heavy atom. The van der Waals surface area contributed by atoms with Crippen LogP contribution in [-0.2, 0) is 0 Å². The molecule has 0 spiro atoms. The van der Waals surface area contributed by atoms with Crippen molar-refractivity contribution in [1.82, 2.24) is 5.32 Å². The molecule has 12 heavy (non-hydrogen) atoms. The summed E-state index contributed by atoms with van der Waals surface area (Å²) < 4.78 is 0. The van der Waals surface area contributed by atoms with E-state index in [1.54, 1.807) is 0 Å². The van der Waals surface area contributed by atoms with Gasteiger partial charge in [-0.05, 0) is 32.9 Å². The van der Waals surface area contributed by atoms with Gasteiger partial charge in [0.1, 0.15) is 0 Å². The van der Waals surface area contributed by atoms with Gasteiger partial charge in [-0.15, -0.1) is 0 Å². The second kappa shape index (κ2) is 7.11. The first-order chi connectivity index (χ1) is 5.74. The molecule has 0 aromatic carbocycles. The van der Waals surface area contributed by atoms with Gasteiger partial charge in [0.05, 0.1) is 0 Å². The average Bonchev–Trinajstić information content (AvgIpc) is 2.07. The van der Waals surface area contributed by atoms with Crippen LogP contribution in [0.1, 0.15) is 26.7 Å². The quantitative estimate of drug-likeness (QED) is 0.633. The average molecular weight is 167 g/mol. The van der Waals surface area contributed by atoms with Gasteiger partial charge in [0.2, 0.25) is 0 Å². The Bertz CT molecular complexity index is 156. The lowest BCUT2D eigenvalue weighted by molar-refractivity contribution is 0.727. The SMILES string of the molecule is CCC1=CC[C@H](C)C=C1.CNC. The van der Waals surface area contributed by atoms with E-state index in [4.69, 9.17) is 0 Å². The Morgan fingerprint density at radius 1 is 1.50 bits per heavy atom. The van der Waals surface area contributed by atoms with Crippen molar-refractivity contribution in [2.45, 2.75) is 26.7 Å². The molecule has 0 bridgehead atoms. The molecule has 70 valence electrons. The molecular weight excluding hydrogens is 146 g/mol. The third-order valence-electron chi connectivity index (χ3n) is 1.80. The van der Waals surface area contributed by atoms with Gasteiger partial charge in [-0.2, -0.15) is 0 Å². The Balaban J connectivity index is 0.000000354. The maximum atomic E-state index is 2.75. The molecule has 0 aromatic heterocycles. The van der Waals surface area contributed by atoms with Crippen LogP contribution in [0.2, 0.25) is 0 Å². The smallest absolute Gasteiger partial charge is 0.0167 e. The minimum Gasteiger partial charge on any atom is -0.323 e. The van der Waals surface area contributed by atoms with Crippen LogP contribution in [0.25, 0.3) is 0 Å². The fourth-order valence-corrected chi connectivity index (χ4v) is 1.03. The van der Waals surface area contributed by atoms with Crippen LogP contribution in [0, 0.1) is 5.92 Å². The minimum absolute atomic E-state index is 0.764. The van der Waals surface area contributed by atoms with Gasteiger partial charge in [-0.25, -0.2) is 0 Å². The van der Waals surface area contributed by atoms with E-state index in [2.05, 4.69) is 37.4 Å². The molecule has 0 fully saturated rings. The molecule has 0 aliphatic heterocycles. The van der Waals surface area contributed by atoms with E-state index >= 15 is 0 Å². The van der Waals surface area contributed by atoms with Crippen molar-refractivity contribution in [3.8, 4) is 0 Å². The van der Waals surface area contributed by atoms with Crippen molar-refractivity contribution in [2.75, 3.05) is 14.1 Å². The molecule has 1 aliphatic rings. The predicted molar refractivity (Wildman–Crippen MR) is 56.3 cm³/mol. The van der Waals surface area contributed by atoms with E-state index in [-0.39, 0.29) is 0 Å². The first-order valence-electron chi connectivity index (χ1n) is 4.70. The summed E-state index contributed by atoms with van der Waals surface area (Å²) in [7, 11) is 3.75. The maximum absolute atomic E-state index is 2.75. The molecule has 0 radical (unpaired) electrons. The number of hydrogen-bond acceptors (Lipinski definition) is 1. The molecule has 1 N–H and O–H groups in total. The Labute approximate surface area is 76.6 Å². The molecular formula is C11H21N. The molecule has 0 unspecified atom stereocenters. The summed E-state index contributed by atoms with van der Waals surface area (Å²) in [4.78, 5) is 0. The van der Waals surface area contributed by atoms with Crippen LogP contribution in [0.3, 0.4) is 0 Å². The summed E-state index contributed by atoms with van der Waals surface area (Å²) in [6.07, 6.45) is 9.29. The van der Waals surface area contributed by atoms with Gasteiger partial charge in [-0.3, -0.25) is 0 Å². The lowest BCUT2D eigenvalue weighted by Crippen LogP contribution is -1.92. The molecule has 1 heteroatoms. The summed E-state index contributed by atoms with van der Waals surface area (Å²) >= 11 is 0. The zero-order chi connectivity index (χ0) is 9.40. The van der Waals surface area contributed by atoms with E-state index in [1.807, 2.05) is 14.1 Å². The van der Waals surface area contributed by atoms with Crippen molar-refractivity contribution in [1.29, 1.82) is 0 Å². The topological polar surface area (TPSA) is 12.0 Å². The monoisotopic (exact) mass is 167 g/mol. The van der Waals surface area contributed by atoms with E-state index in [0.29, 0.717) is 0 Å². The van der Waals surface area contributed by atoms with Crippen LogP contribution in [0.4, 0.5) is 0 Å². The fraction of sp³-hybridized carbons (Fsp3) is 0.636. The molecule has 0 saturated carbocycles. The van der Waals surface area contributed by atoms with Crippen molar-refractivity contribution >= 4 is 0 Å². The van der Waals surface area contributed by atoms with Gasteiger partial charge in [-0.1, -0.05) is 37.6 Å². The highest BCUT2D eigenvalue weighted by Gasteiger charge is 1.99. The molecule has 1 aliphatic carbocycles. The second-order valence-electron chi connectivity index (χ2n) is 3.20. The highest BCUT2D eigenvalue weighted by molar-refractivity contribution is 5.22. The normalized spacial score (nSPS) is 21.0. The fourth-order valence-electron chi connectivity index (χ4n) is 1.03. The number of hydrogen-bond donors (Lipinski definition) is 1. The highest BCUT2D eigenvalue weighted by atomic mass is 14.7. The van der Waals surface area contributed by atoms with Gasteiger partial charge in [0.15, 0.2) is 0 Å². The first kappa shape index (κ1) is 11.4. The molecule has 1 atom stereocenters. The van der Waals surface area contributed by atoms with Gasteiger partial charge >= 0.3 is 0 Å². The van der Waals surface area contributed by atoms with E-state index in [9.17, 15) is 0 Å². The van der Waals surface area contributed by atoms with Gasteiger partial charge in [0, 0.05) is 0 Å². The molecule has 1 rings (SSSR count). The summed E-state index contributed by atoms with van der Waals surface area (Å²) in [6.45, 7) is 4.45. The first-order valence-corrected chi connectivity index (χ1v) is 4.70. The Kier molecular flexibility index (Phi) is 6.78. The van der Waals surface area contributed by atoms with Crippen molar-refractivity contribution in [3.05, 3.63) is 23.8 Å². The van der Waals surface area contributed by atoms with Crippen LogP contribution >= 0.6 is 0 Å². The Morgan fingerprint density at radius 3 is 2.42 bits per heavy atom. The molecule has 0 heterocycles. The van der Waals surface area contributed by atoms with Crippen molar-refractivity contribution in [3.63, 3.8) is 0 Å². The van der Waals surface area contributed by atoms with Gasteiger partial charge < -0.3 is 5.32 Å². The molecule has 0 amide bonds. The largest absolute Gasteiger partial charge is 0.323 e. The third-order valence-corrected chi connectivity index (χ3v) is 1.80. The lowest BCUT2D eigenvalue weighted by Gasteiger charge is -2.09. The third kappa shape index (κ3) is 5.14. The molecule has 1 nitrogen and oxygen atoms in total. The summed E-state index contributed by atoms with van der Waals surface area (Å²) in [5.41, 5.74) is 1.49. The lowest BCUT2D eigenvalue weighted by atomic mass is 9.97. The van der Waals surface area contributed by atoms with E-state index < -0.39 is 0 Å². The van der Waals surface area contributed by atoms with E-state index in [1.165, 1.54) is 18.4 Å². The summed E-state index contributed by atoms with van der Waals surface area (Å²) in [6, 6.07) is 0. The van der Waals surface area contributed by atoms with Crippen molar-refractivity contribution in [2.24, 2.45) is 5.92 Å². The Hall–Kier alpha value is -0.560. The predicted octanol–water partition coefficient (Wildman–Crippen LogP) is 2.75. The van der Waals surface area contributed by atoms with Crippen molar-refractivity contribution < 1.29 is 0 Å². The molecule has 0 saturated heterocycles. The van der Waals surface area contributed by atoms with Crippen LogP contribution in [0.15, 0.2) is 23.8 Å². The number of rotatable bonds is 1. The zero-order valence-electron chi connectivity index (χ0n) is 8.72. The van der Waals surface area contributed by atoms with E-state index in [0.717, 1.165) is 5.92 Å². The number of allylic oxidation sites excluding steroid dienone is 4. The van der Waals surface area contributed by atoms with Crippen LogP contribution < -0.4 is 5.32 Å². The number of nitrogens with one attached hydrogen (secondary N) is 1. The summed E-state index contributed by atoms with van der Waals surface area (Å²) in [5, 5.41) is 2.75. The second-order valence-corrected chi connectivity index (χ2v) is 3.20. The molecule has 0 aromatic rings. The zero-order valence-corrected chi connectivity index (χ0v) is 8.72. The summed E-state index contributed by atoms with van der Waals surface area (Å²) in [5.74, 6) is 0.764. The maximum Gasteiger partial charge on any atom is -0.0167 e. The highest BCUT2D eigenvalue weighted by Crippen LogP contribution is 2.16. The van der Waals surface area contributed by atoms with Gasteiger partial charge in [0.25, 0.3) is 0 Å². The minimum atomic E-state index is 0.764. The van der Waals surface area contributed by atoms with Crippen LogP contribution in [-0.4, -0.2) is 14.1 Å². The standard InChI is InChI=1S/C9H14.C2H7N/c1-3-9-6-4-8(2)5-7-9;1-3-2/h4,6-8H,3,5H2,1-2H3;3H,1-2H3/t8-;/m1./s1. The van der Waals surface area contributed by atoms with Crippen LogP contribution in [0.5, 0.6) is 0 Å².